The highest BCUT2D eigenvalue weighted by Crippen LogP contribution is 2.19. The number of nitrogens with zero attached hydrogens (tertiary/aromatic N) is 1. The second-order valence-electron chi connectivity index (χ2n) is 5.62. The third-order valence-corrected chi connectivity index (χ3v) is 4.02. The fourth-order valence-electron chi connectivity index (χ4n) is 2.65. The summed E-state index contributed by atoms with van der Waals surface area (Å²) < 4.78 is 0. The summed E-state index contributed by atoms with van der Waals surface area (Å²) in [7, 11) is 0. The van der Waals surface area contributed by atoms with Gasteiger partial charge in [0.2, 0.25) is 0 Å². The topological polar surface area (TPSA) is 41.5 Å². The number of nitrogens with one attached hydrogen (secondary N) is 1. The molecule has 0 fully saturated rings. The molecular formula is C19H20N2O. The van der Waals surface area contributed by atoms with E-state index < -0.39 is 0 Å². The highest BCUT2D eigenvalue weighted by Gasteiger charge is 2.28. The van der Waals surface area contributed by atoms with Crippen LogP contribution in [0.4, 0.5) is 0 Å². The van der Waals surface area contributed by atoms with E-state index in [9.17, 15) is 4.79 Å². The van der Waals surface area contributed by atoms with E-state index in [1.807, 2.05) is 36.4 Å². The third kappa shape index (κ3) is 3.61. The Kier molecular flexibility index (Phi) is 4.64. The van der Waals surface area contributed by atoms with Crippen LogP contribution < -0.4 is 5.32 Å². The van der Waals surface area contributed by atoms with E-state index in [0.717, 1.165) is 24.9 Å². The number of aliphatic imine (C=N–C) groups is 1. The smallest absolute Gasteiger partial charge is 0.265 e. The third-order valence-electron chi connectivity index (χ3n) is 4.02. The SMILES string of the molecule is O=C(NCc1ccccc1)C1=NCC1CCc1ccccc1. The molecule has 3 rings (SSSR count). The molecule has 1 N–H and O–H groups in total. The summed E-state index contributed by atoms with van der Waals surface area (Å²) >= 11 is 0. The molecule has 0 bridgehead atoms. The summed E-state index contributed by atoms with van der Waals surface area (Å²) in [5.74, 6) is 0.282. The molecule has 1 heterocycles. The molecule has 1 aliphatic rings. The number of hydrogen-bond donors (Lipinski definition) is 1. The summed E-state index contributed by atoms with van der Waals surface area (Å²) in [4.78, 5) is 16.5. The Morgan fingerprint density at radius 3 is 2.23 bits per heavy atom. The maximum absolute atomic E-state index is 12.2. The molecule has 2 aromatic carbocycles. The van der Waals surface area contributed by atoms with E-state index in [0.29, 0.717) is 18.2 Å². The number of rotatable bonds is 6. The van der Waals surface area contributed by atoms with Gasteiger partial charge in [0, 0.05) is 19.0 Å². The summed E-state index contributed by atoms with van der Waals surface area (Å²) in [6.45, 7) is 1.34. The van der Waals surface area contributed by atoms with Gasteiger partial charge in [0.05, 0.1) is 0 Å². The Bertz CT molecular complexity index is 650. The minimum absolute atomic E-state index is 0.0202. The van der Waals surface area contributed by atoms with Crippen LogP contribution >= 0.6 is 0 Å². The van der Waals surface area contributed by atoms with Gasteiger partial charge in [-0.15, -0.1) is 0 Å². The van der Waals surface area contributed by atoms with E-state index in [2.05, 4.69) is 34.6 Å². The Hall–Kier alpha value is -2.42. The predicted octanol–water partition coefficient (Wildman–Crippen LogP) is 3.01. The lowest BCUT2D eigenvalue weighted by molar-refractivity contribution is -0.115. The zero-order valence-electron chi connectivity index (χ0n) is 12.5. The van der Waals surface area contributed by atoms with Crippen molar-refractivity contribution in [1.82, 2.24) is 5.32 Å². The first kappa shape index (κ1) is 14.5. The molecule has 0 radical (unpaired) electrons. The van der Waals surface area contributed by atoms with Crippen molar-refractivity contribution in [2.75, 3.05) is 6.54 Å². The monoisotopic (exact) mass is 292 g/mol. The summed E-state index contributed by atoms with van der Waals surface area (Å²) in [6, 6.07) is 20.3. The maximum atomic E-state index is 12.2. The van der Waals surface area contributed by atoms with Gasteiger partial charge in [0.25, 0.3) is 5.91 Å². The van der Waals surface area contributed by atoms with Crippen molar-refractivity contribution in [3.05, 3.63) is 71.8 Å². The summed E-state index contributed by atoms with van der Waals surface area (Å²) in [5, 5.41) is 2.96. The summed E-state index contributed by atoms with van der Waals surface area (Å²) in [6.07, 6.45) is 1.98. The van der Waals surface area contributed by atoms with Gasteiger partial charge in [0.1, 0.15) is 5.71 Å². The van der Waals surface area contributed by atoms with Crippen molar-refractivity contribution in [3.63, 3.8) is 0 Å². The van der Waals surface area contributed by atoms with Crippen LogP contribution in [0.1, 0.15) is 17.5 Å². The fraction of sp³-hybridized carbons (Fsp3) is 0.263. The molecule has 1 unspecified atom stereocenters. The number of hydrogen-bond acceptors (Lipinski definition) is 2. The van der Waals surface area contributed by atoms with E-state index in [4.69, 9.17) is 0 Å². The van der Waals surface area contributed by atoms with Crippen molar-refractivity contribution in [3.8, 4) is 0 Å². The second kappa shape index (κ2) is 7.03. The zero-order valence-corrected chi connectivity index (χ0v) is 12.5. The van der Waals surface area contributed by atoms with Gasteiger partial charge in [-0.3, -0.25) is 9.79 Å². The lowest BCUT2D eigenvalue weighted by Crippen LogP contribution is -2.41. The van der Waals surface area contributed by atoms with Gasteiger partial charge in [-0.1, -0.05) is 60.7 Å². The molecule has 112 valence electrons. The minimum Gasteiger partial charge on any atom is -0.347 e. The molecule has 2 aromatic rings. The molecule has 3 heteroatoms. The van der Waals surface area contributed by atoms with Crippen LogP contribution in [0.25, 0.3) is 0 Å². The van der Waals surface area contributed by atoms with E-state index >= 15 is 0 Å². The van der Waals surface area contributed by atoms with E-state index in [1.54, 1.807) is 0 Å². The average Bonchev–Trinajstić information content (AvgIpc) is 2.54. The van der Waals surface area contributed by atoms with Crippen molar-refractivity contribution in [2.24, 2.45) is 10.9 Å². The molecule has 0 saturated heterocycles. The first-order chi connectivity index (χ1) is 10.8. The number of aryl methyl sites for hydroxylation is 1. The largest absolute Gasteiger partial charge is 0.347 e. The first-order valence-corrected chi connectivity index (χ1v) is 7.73. The highest BCUT2D eigenvalue weighted by molar-refractivity contribution is 6.41. The molecule has 3 nitrogen and oxygen atoms in total. The number of amides is 1. The van der Waals surface area contributed by atoms with Crippen LogP contribution in [0, 0.1) is 5.92 Å². The normalized spacial score (nSPS) is 16.5. The zero-order chi connectivity index (χ0) is 15.2. The maximum Gasteiger partial charge on any atom is 0.265 e. The Morgan fingerprint density at radius 2 is 1.64 bits per heavy atom. The molecule has 1 amide bonds. The molecule has 0 spiro atoms. The van der Waals surface area contributed by atoms with Crippen LogP contribution in [0.15, 0.2) is 65.7 Å². The molecule has 0 saturated carbocycles. The van der Waals surface area contributed by atoms with Gasteiger partial charge in [-0.05, 0) is 24.0 Å². The summed E-state index contributed by atoms with van der Waals surface area (Å²) in [5.41, 5.74) is 3.14. The standard InChI is InChI=1S/C19H20N2O/c22-19(21-13-16-9-5-2-6-10-16)18-17(14-20-18)12-11-15-7-3-1-4-8-15/h1-10,17H,11-14H2,(H,21,22). The Morgan fingerprint density at radius 1 is 1.00 bits per heavy atom. The molecule has 0 aromatic heterocycles. The van der Waals surface area contributed by atoms with Gasteiger partial charge < -0.3 is 5.32 Å². The Labute approximate surface area is 131 Å². The van der Waals surface area contributed by atoms with Crippen molar-refractivity contribution in [2.45, 2.75) is 19.4 Å². The highest BCUT2D eigenvalue weighted by atomic mass is 16.1. The number of benzene rings is 2. The van der Waals surface area contributed by atoms with Crippen LogP contribution in [0.5, 0.6) is 0 Å². The number of carbonyl (C=O) groups excluding carboxylic acids is 1. The van der Waals surface area contributed by atoms with Crippen LogP contribution in [0.2, 0.25) is 0 Å². The van der Waals surface area contributed by atoms with Crippen molar-refractivity contribution < 1.29 is 4.79 Å². The fourth-order valence-corrected chi connectivity index (χ4v) is 2.65. The molecular weight excluding hydrogens is 272 g/mol. The second-order valence-corrected chi connectivity index (χ2v) is 5.62. The lowest BCUT2D eigenvalue weighted by Gasteiger charge is -2.25. The average molecular weight is 292 g/mol. The molecule has 1 aliphatic heterocycles. The molecule has 22 heavy (non-hydrogen) atoms. The van der Waals surface area contributed by atoms with Crippen LogP contribution in [0.3, 0.4) is 0 Å². The minimum atomic E-state index is -0.0202. The molecule has 1 atom stereocenters. The quantitative estimate of drug-likeness (QED) is 0.873. The Balaban J connectivity index is 1.47. The van der Waals surface area contributed by atoms with Crippen molar-refractivity contribution >= 4 is 11.6 Å². The van der Waals surface area contributed by atoms with Gasteiger partial charge in [-0.2, -0.15) is 0 Å². The first-order valence-electron chi connectivity index (χ1n) is 7.73. The lowest BCUT2D eigenvalue weighted by atomic mass is 9.90. The van der Waals surface area contributed by atoms with Crippen LogP contribution in [-0.2, 0) is 17.8 Å². The molecule has 0 aliphatic carbocycles. The van der Waals surface area contributed by atoms with E-state index in [1.165, 1.54) is 5.56 Å². The number of carbonyl (C=O) groups is 1. The van der Waals surface area contributed by atoms with Crippen molar-refractivity contribution in [1.29, 1.82) is 0 Å². The van der Waals surface area contributed by atoms with Crippen LogP contribution in [-0.4, -0.2) is 18.2 Å². The van der Waals surface area contributed by atoms with Gasteiger partial charge in [-0.25, -0.2) is 0 Å². The predicted molar refractivity (Wildman–Crippen MR) is 88.8 cm³/mol. The van der Waals surface area contributed by atoms with E-state index in [-0.39, 0.29) is 5.91 Å². The van der Waals surface area contributed by atoms with Gasteiger partial charge >= 0.3 is 0 Å². The van der Waals surface area contributed by atoms with Gasteiger partial charge in [0.15, 0.2) is 0 Å².